The third-order valence-corrected chi connectivity index (χ3v) is 1.53. The van der Waals surface area contributed by atoms with Crippen molar-refractivity contribution in [2.75, 3.05) is 0 Å². The topological polar surface area (TPSA) is 33.1 Å². The van der Waals surface area contributed by atoms with Crippen LogP contribution in [0.1, 0.15) is 19.0 Å². The Bertz CT molecular complexity index is 241. The van der Waals surface area contributed by atoms with Gasteiger partial charge in [-0.05, 0) is 18.6 Å². The maximum absolute atomic E-state index is 8.78. The van der Waals surface area contributed by atoms with Gasteiger partial charge >= 0.3 is 0 Å². The maximum atomic E-state index is 8.78. The molecule has 1 heterocycles. The van der Waals surface area contributed by atoms with Crippen LogP contribution in [0, 0.1) is 0 Å². The Kier molecular flexibility index (Phi) is 2.66. The average Bonchev–Trinajstić information content (AvgIpc) is 2.09. The Hall–Kier alpha value is -1.31. The third kappa shape index (κ3) is 1.80. The van der Waals surface area contributed by atoms with Crippen molar-refractivity contribution in [1.82, 2.24) is 4.98 Å². The Morgan fingerprint density at radius 1 is 1.64 bits per heavy atom. The van der Waals surface area contributed by atoms with Gasteiger partial charge in [-0.3, -0.25) is 4.98 Å². The standard InChI is InChI=1S/C9H11NO/c1-2-8(7-11)9-5-3-4-6-10-9/h3-7,11H,2H2,1H3/b8-7+. The predicted octanol–water partition coefficient (Wildman–Crippen LogP) is 2.39. The fraction of sp³-hybridized carbons (Fsp3) is 0.222. The summed E-state index contributed by atoms with van der Waals surface area (Å²) in [5, 5.41) is 8.78. The molecule has 0 saturated heterocycles. The highest BCUT2D eigenvalue weighted by Crippen LogP contribution is 2.12. The minimum atomic E-state index is 0.799. The van der Waals surface area contributed by atoms with Gasteiger partial charge in [0.05, 0.1) is 12.0 Å². The van der Waals surface area contributed by atoms with Crippen LogP contribution in [0.5, 0.6) is 0 Å². The van der Waals surface area contributed by atoms with Gasteiger partial charge in [-0.1, -0.05) is 13.0 Å². The molecule has 11 heavy (non-hydrogen) atoms. The van der Waals surface area contributed by atoms with Crippen LogP contribution in [0.2, 0.25) is 0 Å². The minimum absolute atomic E-state index is 0.799. The van der Waals surface area contributed by atoms with Gasteiger partial charge in [0.25, 0.3) is 0 Å². The lowest BCUT2D eigenvalue weighted by Gasteiger charge is -1.99. The molecule has 0 atom stereocenters. The van der Waals surface area contributed by atoms with Crippen molar-refractivity contribution < 1.29 is 5.11 Å². The molecule has 0 radical (unpaired) electrons. The first kappa shape index (κ1) is 7.79. The number of rotatable bonds is 2. The zero-order chi connectivity index (χ0) is 8.10. The van der Waals surface area contributed by atoms with E-state index < -0.39 is 0 Å². The normalized spacial score (nSPS) is 11.5. The smallest absolute Gasteiger partial charge is 0.0845 e. The number of hydrogen-bond acceptors (Lipinski definition) is 2. The third-order valence-electron chi connectivity index (χ3n) is 1.53. The van der Waals surface area contributed by atoms with Gasteiger partial charge in [0, 0.05) is 11.8 Å². The molecule has 0 amide bonds. The molecule has 0 aromatic carbocycles. The Morgan fingerprint density at radius 2 is 2.45 bits per heavy atom. The molecule has 0 spiro atoms. The van der Waals surface area contributed by atoms with Gasteiger partial charge in [-0.2, -0.15) is 0 Å². The monoisotopic (exact) mass is 149 g/mol. The molecule has 0 aliphatic heterocycles. The number of aliphatic hydroxyl groups is 1. The second-order valence-electron chi connectivity index (χ2n) is 2.22. The van der Waals surface area contributed by atoms with Crippen molar-refractivity contribution in [1.29, 1.82) is 0 Å². The summed E-state index contributed by atoms with van der Waals surface area (Å²) in [4.78, 5) is 4.09. The number of hydrogen-bond donors (Lipinski definition) is 1. The van der Waals surface area contributed by atoms with E-state index in [0.29, 0.717) is 0 Å². The minimum Gasteiger partial charge on any atom is -0.515 e. The van der Waals surface area contributed by atoms with Crippen molar-refractivity contribution in [3.8, 4) is 0 Å². The summed E-state index contributed by atoms with van der Waals surface area (Å²) in [6.07, 6.45) is 3.63. The van der Waals surface area contributed by atoms with Crippen LogP contribution in [0.4, 0.5) is 0 Å². The number of pyridine rings is 1. The molecule has 0 fully saturated rings. The lowest BCUT2D eigenvalue weighted by Crippen LogP contribution is -1.86. The molecule has 58 valence electrons. The summed E-state index contributed by atoms with van der Waals surface area (Å²) in [6, 6.07) is 5.64. The molecule has 0 unspecified atom stereocenters. The summed E-state index contributed by atoms with van der Waals surface area (Å²) in [6.45, 7) is 1.98. The van der Waals surface area contributed by atoms with Gasteiger partial charge in [0.1, 0.15) is 0 Å². The fourth-order valence-electron chi connectivity index (χ4n) is 0.891. The van der Waals surface area contributed by atoms with Crippen LogP contribution < -0.4 is 0 Å². The lowest BCUT2D eigenvalue weighted by atomic mass is 10.1. The van der Waals surface area contributed by atoms with E-state index >= 15 is 0 Å². The van der Waals surface area contributed by atoms with Gasteiger partial charge in [0.15, 0.2) is 0 Å². The van der Waals surface area contributed by atoms with Crippen LogP contribution in [0.3, 0.4) is 0 Å². The predicted molar refractivity (Wildman–Crippen MR) is 45.1 cm³/mol. The van der Waals surface area contributed by atoms with E-state index in [1.165, 1.54) is 0 Å². The molecule has 0 aliphatic rings. The molecule has 1 rings (SSSR count). The zero-order valence-electron chi connectivity index (χ0n) is 6.49. The van der Waals surface area contributed by atoms with Gasteiger partial charge in [-0.25, -0.2) is 0 Å². The average molecular weight is 149 g/mol. The highest BCUT2D eigenvalue weighted by Gasteiger charge is 1.97. The molecule has 1 aromatic heterocycles. The molecular weight excluding hydrogens is 138 g/mol. The molecular formula is C9H11NO. The van der Waals surface area contributed by atoms with Gasteiger partial charge < -0.3 is 5.11 Å². The lowest BCUT2D eigenvalue weighted by molar-refractivity contribution is 0.474. The quantitative estimate of drug-likeness (QED) is 0.655. The molecule has 1 aromatic rings. The van der Waals surface area contributed by atoms with E-state index in [4.69, 9.17) is 5.11 Å². The van der Waals surface area contributed by atoms with Crippen molar-refractivity contribution in [3.05, 3.63) is 36.4 Å². The number of allylic oxidation sites excluding steroid dienone is 1. The van der Waals surface area contributed by atoms with E-state index in [1.807, 2.05) is 25.1 Å². The van der Waals surface area contributed by atoms with Gasteiger partial charge in [0.2, 0.25) is 0 Å². The summed E-state index contributed by atoms with van der Waals surface area (Å²) in [5.41, 5.74) is 1.71. The first-order chi connectivity index (χ1) is 5.38. The molecule has 0 saturated carbocycles. The van der Waals surface area contributed by atoms with Crippen molar-refractivity contribution >= 4 is 5.57 Å². The number of nitrogens with zero attached hydrogens (tertiary/aromatic N) is 1. The summed E-state index contributed by atoms with van der Waals surface area (Å²) in [7, 11) is 0. The highest BCUT2D eigenvalue weighted by atomic mass is 16.2. The van der Waals surface area contributed by atoms with Crippen molar-refractivity contribution in [2.45, 2.75) is 13.3 Å². The fourth-order valence-corrected chi connectivity index (χ4v) is 0.891. The SMILES string of the molecule is CC/C(=C\O)c1ccccn1. The first-order valence-corrected chi connectivity index (χ1v) is 3.63. The van der Waals surface area contributed by atoms with Crippen LogP contribution in [-0.2, 0) is 0 Å². The molecule has 2 heteroatoms. The van der Waals surface area contributed by atoms with Crippen LogP contribution in [-0.4, -0.2) is 10.1 Å². The first-order valence-electron chi connectivity index (χ1n) is 3.63. The Morgan fingerprint density at radius 3 is 2.91 bits per heavy atom. The van der Waals surface area contributed by atoms with Crippen molar-refractivity contribution in [3.63, 3.8) is 0 Å². The van der Waals surface area contributed by atoms with Crippen molar-refractivity contribution in [2.24, 2.45) is 0 Å². The highest BCUT2D eigenvalue weighted by molar-refractivity contribution is 5.60. The largest absolute Gasteiger partial charge is 0.515 e. The van der Waals surface area contributed by atoms with Crippen LogP contribution in [0.15, 0.2) is 30.7 Å². The van der Waals surface area contributed by atoms with Crippen LogP contribution in [0.25, 0.3) is 5.57 Å². The molecule has 2 nitrogen and oxygen atoms in total. The van der Waals surface area contributed by atoms with Crippen LogP contribution >= 0.6 is 0 Å². The number of aliphatic hydroxyl groups excluding tert-OH is 1. The summed E-state index contributed by atoms with van der Waals surface area (Å²) >= 11 is 0. The number of aromatic nitrogens is 1. The molecule has 0 bridgehead atoms. The van der Waals surface area contributed by atoms with E-state index in [-0.39, 0.29) is 0 Å². The van der Waals surface area contributed by atoms with E-state index in [1.54, 1.807) is 6.20 Å². The van der Waals surface area contributed by atoms with Gasteiger partial charge in [-0.15, -0.1) is 0 Å². The molecule has 0 aliphatic carbocycles. The second-order valence-corrected chi connectivity index (χ2v) is 2.22. The zero-order valence-corrected chi connectivity index (χ0v) is 6.49. The second kappa shape index (κ2) is 3.76. The van der Waals surface area contributed by atoms with E-state index in [9.17, 15) is 0 Å². The summed E-state index contributed by atoms with van der Waals surface area (Å²) < 4.78 is 0. The Balaban J connectivity index is 2.92. The maximum Gasteiger partial charge on any atom is 0.0845 e. The van der Waals surface area contributed by atoms with E-state index in [2.05, 4.69) is 4.98 Å². The Labute approximate surface area is 66.2 Å². The summed E-state index contributed by atoms with van der Waals surface area (Å²) in [5.74, 6) is 0. The molecule has 1 N–H and O–H groups in total. The van der Waals surface area contributed by atoms with E-state index in [0.717, 1.165) is 23.9 Å².